The molecule has 1 saturated heterocycles. The van der Waals surface area contributed by atoms with E-state index in [1.807, 2.05) is 11.8 Å². The Bertz CT molecular complexity index is 312. The summed E-state index contributed by atoms with van der Waals surface area (Å²) >= 11 is 7.14. The molecular weight excluding hydrogens is 294 g/mol. The predicted molar refractivity (Wildman–Crippen MR) is 70.8 cm³/mol. The van der Waals surface area contributed by atoms with E-state index in [1.54, 1.807) is 11.3 Å². The molecule has 2 heterocycles. The van der Waals surface area contributed by atoms with Crippen molar-refractivity contribution in [3.63, 3.8) is 0 Å². The van der Waals surface area contributed by atoms with E-state index in [9.17, 15) is 0 Å². The van der Waals surface area contributed by atoms with Gasteiger partial charge in [-0.2, -0.15) is 11.8 Å². The molecule has 0 radical (unpaired) electrons. The molecule has 2 rings (SSSR count). The Balaban J connectivity index is 1.88. The van der Waals surface area contributed by atoms with Crippen LogP contribution in [-0.4, -0.2) is 30.3 Å². The molecule has 0 aliphatic carbocycles. The van der Waals surface area contributed by atoms with E-state index in [2.05, 4.69) is 27.4 Å². The number of rotatable bonds is 3. The molecule has 1 aromatic heterocycles. The first-order valence-electron chi connectivity index (χ1n) is 4.93. The zero-order valence-electron chi connectivity index (χ0n) is 8.32. The SMILES string of the molecule is NC(Cc1cc(Br)cs1)C1CSCCO1. The summed E-state index contributed by atoms with van der Waals surface area (Å²) in [6, 6.07) is 2.27. The summed E-state index contributed by atoms with van der Waals surface area (Å²) in [6.45, 7) is 0.844. The van der Waals surface area contributed by atoms with E-state index < -0.39 is 0 Å². The van der Waals surface area contributed by atoms with Gasteiger partial charge in [-0.1, -0.05) is 0 Å². The van der Waals surface area contributed by atoms with Gasteiger partial charge in [-0.05, 0) is 28.4 Å². The lowest BCUT2D eigenvalue weighted by molar-refractivity contribution is 0.0573. The zero-order chi connectivity index (χ0) is 10.7. The van der Waals surface area contributed by atoms with Crippen LogP contribution in [0.2, 0.25) is 0 Å². The molecule has 5 heteroatoms. The minimum atomic E-state index is 0.128. The van der Waals surface area contributed by atoms with Gasteiger partial charge in [0.05, 0.1) is 12.7 Å². The van der Waals surface area contributed by atoms with E-state index >= 15 is 0 Å². The maximum absolute atomic E-state index is 6.14. The van der Waals surface area contributed by atoms with Crippen LogP contribution >= 0.6 is 39.0 Å². The Hall–Kier alpha value is 0.450. The van der Waals surface area contributed by atoms with Crippen molar-refractivity contribution in [3.05, 3.63) is 20.8 Å². The monoisotopic (exact) mass is 307 g/mol. The first-order chi connectivity index (χ1) is 7.25. The topological polar surface area (TPSA) is 35.2 Å². The van der Waals surface area contributed by atoms with Gasteiger partial charge in [-0.25, -0.2) is 0 Å². The van der Waals surface area contributed by atoms with Crippen molar-refractivity contribution in [2.24, 2.45) is 5.73 Å². The summed E-state index contributed by atoms with van der Waals surface area (Å²) in [7, 11) is 0. The Kier molecular flexibility index (Phi) is 4.52. The summed E-state index contributed by atoms with van der Waals surface area (Å²) < 4.78 is 6.81. The van der Waals surface area contributed by atoms with Crippen molar-refractivity contribution in [1.29, 1.82) is 0 Å². The molecule has 1 fully saturated rings. The highest BCUT2D eigenvalue weighted by molar-refractivity contribution is 9.10. The van der Waals surface area contributed by atoms with E-state index in [1.165, 1.54) is 4.88 Å². The van der Waals surface area contributed by atoms with Gasteiger partial charge >= 0.3 is 0 Å². The number of halogens is 1. The van der Waals surface area contributed by atoms with Crippen LogP contribution in [0.3, 0.4) is 0 Å². The highest BCUT2D eigenvalue weighted by atomic mass is 79.9. The first kappa shape index (κ1) is 11.9. The van der Waals surface area contributed by atoms with Crippen molar-refractivity contribution < 1.29 is 4.74 Å². The molecule has 0 aromatic carbocycles. The summed E-state index contributed by atoms with van der Waals surface area (Å²) in [5.74, 6) is 2.14. The highest BCUT2D eigenvalue weighted by Gasteiger charge is 2.22. The van der Waals surface area contributed by atoms with Gasteiger partial charge in [-0.3, -0.25) is 0 Å². The average Bonchev–Trinajstić information content (AvgIpc) is 2.65. The summed E-state index contributed by atoms with van der Waals surface area (Å²) in [5.41, 5.74) is 6.14. The van der Waals surface area contributed by atoms with Crippen LogP contribution in [0, 0.1) is 0 Å². The molecule has 2 atom stereocenters. The second-order valence-corrected chi connectivity index (χ2v) is 6.64. The third-order valence-corrected chi connectivity index (χ3v) is 5.12. The van der Waals surface area contributed by atoms with E-state index in [0.717, 1.165) is 29.0 Å². The third kappa shape index (κ3) is 3.46. The zero-order valence-corrected chi connectivity index (χ0v) is 11.5. The quantitative estimate of drug-likeness (QED) is 0.932. The smallest absolute Gasteiger partial charge is 0.0820 e. The minimum absolute atomic E-state index is 0.128. The molecule has 2 unspecified atom stereocenters. The first-order valence-corrected chi connectivity index (χ1v) is 7.76. The van der Waals surface area contributed by atoms with Crippen molar-refractivity contribution >= 4 is 39.0 Å². The fourth-order valence-corrected chi connectivity index (χ4v) is 4.06. The maximum Gasteiger partial charge on any atom is 0.0820 e. The van der Waals surface area contributed by atoms with Gasteiger partial charge in [0.2, 0.25) is 0 Å². The predicted octanol–water partition coefficient (Wildman–Crippen LogP) is 2.51. The molecule has 2 nitrogen and oxygen atoms in total. The minimum Gasteiger partial charge on any atom is -0.375 e. The normalized spacial score (nSPS) is 24.0. The number of nitrogens with two attached hydrogens (primary N) is 1. The van der Waals surface area contributed by atoms with Gasteiger partial charge in [0.15, 0.2) is 0 Å². The van der Waals surface area contributed by atoms with Gasteiger partial charge in [0.1, 0.15) is 0 Å². The lowest BCUT2D eigenvalue weighted by atomic mass is 10.1. The third-order valence-electron chi connectivity index (χ3n) is 2.38. The molecule has 0 amide bonds. The number of hydrogen-bond donors (Lipinski definition) is 1. The Labute approximate surface area is 107 Å². The molecule has 1 aliphatic rings. The van der Waals surface area contributed by atoms with E-state index in [-0.39, 0.29) is 12.1 Å². The molecule has 15 heavy (non-hydrogen) atoms. The Morgan fingerprint density at radius 2 is 2.53 bits per heavy atom. The van der Waals surface area contributed by atoms with Crippen molar-refractivity contribution in [2.45, 2.75) is 18.6 Å². The maximum atomic E-state index is 6.14. The largest absolute Gasteiger partial charge is 0.375 e. The molecule has 1 aliphatic heterocycles. The van der Waals surface area contributed by atoms with Gasteiger partial charge in [0, 0.05) is 32.3 Å². The number of hydrogen-bond acceptors (Lipinski definition) is 4. The number of thiophene rings is 1. The van der Waals surface area contributed by atoms with Crippen LogP contribution in [-0.2, 0) is 11.2 Å². The van der Waals surface area contributed by atoms with Crippen molar-refractivity contribution in [3.8, 4) is 0 Å². The molecule has 84 valence electrons. The summed E-state index contributed by atoms with van der Waals surface area (Å²) in [5, 5.41) is 2.10. The lowest BCUT2D eigenvalue weighted by Gasteiger charge is -2.27. The molecule has 0 bridgehead atoms. The standard InChI is InChI=1S/C10H14BrNOS2/c11-7-3-8(15-5-7)4-9(12)10-6-14-2-1-13-10/h3,5,9-10H,1-2,4,6,12H2. The molecular formula is C10H14BrNOS2. The lowest BCUT2D eigenvalue weighted by Crippen LogP contribution is -2.42. The van der Waals surface area contributed by atoms with Crippen LogP contribution in [0.1, 0.15) is 4.88 Å². The summed E-state index contributed by atoms with van der Waals surface area (Å²) in [4.78, 5) is 1.33. The van der Waals surface area contributed by atoms with Gasteiger partial charge < -0.3 is 10.5 Å². The second kappa shape index (κ2) is 5.68. The fraction of sp³-hybridized carbons (Fsp3) is 0.600. The van der Waals surface area contributed by atoms with Crippen LogP contribution in [0.25, 0.3) is 0 Å². The average molecular weight is 308 g/mol. The molecule has 2 N–H and O–H groups in total. The van der Waals surface area contributed by atoms with Crippen LogP contribution in [0.5, 0.6) is 0 Å². The highest BCUT2D eigenvalue weighted by Crippen LogP contribution is 2.23. The summed E-state index contributed by atoms with van der Waals surface area (Å²) in [6.07, 6.45) is 1.14. The van der Waals surface area contributed by atoms with Gasteiger partial charge in [0.25, 0.3) is 0 Å². The van der Waals surface area contributed by atoms with Gasteiger partial charge in [-0.15, -0.1) is 11.3 Å². The van der Waals surface area contributed by atoms with E-state index in [4.69, 9.17) is 10.5 Å². The Morgan fingerprint density at radius 3 is 3.13 bits per heavy atom. The van der Waals surface area contributed by atoms with Crippen LogP contribution in [0.15, 0.2) is 15.9 Å². The van der Waals surface area contributed by atoms with Crippen molar-refractivity contribution in [1.82, 2.24) is 0 Å². The van der Waals surface area contributed by atoms with Crippen LogP contribution in [0.4, 0.5) is 0 Å². The van der Waals surface area contributed by atoms with Crippen molar-refractivity contribution in [2.75, 3.05) is 18.1 Å². The molecule has 1 aromatic rings. The number of ether oxygens (including phenoxy) is 1. The number of thioether (sulfide) groups is 1. The van der Waals surface area contributed by atoms with E-state index in [0.29, 0.717) is 0 Å². The molecule has 0 saturated carbocycles. The van der Waals surface area contributed by atoms with Crippen LogP contribution < -0.4 is 5.73 Å². The second-order valence-electron chi connectivity index (χ2n) is 3.58. The fourth-order valence-electron chi connectivity index (χ4n) is 1.58. The molecule has 0 spiro atoms. The Morgan fingerprint density at radius 1 is 1.67 bits per heavy atom.